The molecule has 2 heteroatoms. The number of ether oxygens (including phenoxy) is 1. The molecule has 0 saturated heterocycles. The normalized spacial score (nSPS) is 34.9. The van der Waals surface area contributed by atoms with Gasteiger partial charge in [0.2, 0.25) is 0 Å². The van der Waals surface area contributed by atoms with E-state index in [4.69, 9.17) is 4.74 Å². The predicted octanol–water partition coefficient (Wildman–Crippen LogP) is 1.93. The molecule has 1 saturated carbocycles. The van der Waals surface area contributed by atoms with E-state index in [1.54, 1.807) is 0 Å². The fourth-order valence-electron chi connectivity index (χ4n) is 2.33. The molecule has 2 aliphatic rings. The molecule has 2 nitrogen and oxygen atoms in total. The number of esters is 1. The summed E-state index contributed by atoms with van der Waals surface area (Å²) < 4.78 is 5.04. The third kappa shape index (κ3) is 1.67. The monoisotopic (exact) mass is 178 g/mol. The second-order valence-corrected chi connectivity index (χ2v) is 3.87. The molecule has 2 rings (SSSR count). The highest BCUT2D eigenvalue weighted by Gasteiger charge is 2.35. The largest absolute Gasteiger partial charge is 0.462 e. The molecule has 0 amide bonds. The summed E-state index contributed by atoms with van der Waals surface area (Å²) in [7, 11) is 0. The molecule has 0 aromatic rings. The fourth-order valence-corrected chi connectivity index (χ4v) is 2.33. The van der Waals surface area contributed by atoms with Crippen LogP contribution in [0.1, 0.15) is 12.8 Å². The summed E-state index contributed by atoms with van der Waals surface area (Å²) >= 11 is 0. The summed E-state index contributed by atoms with van der Waals surface area (Å²) in [5.41, 5.74) is 0. The molecular weight excluding hydrogens is 164 g/mol. The van der Waals surface area contributed by atoms with Gasteiger partial charge < -0.3 is 4.74 Å². The van der Waals surface area contributed by atoms with Gasteiger partial charge in [-0.05, 0) is 30.6 Å². The number of rotatable bonds is 3. The van der Waals surface area contributed by atoms with Crippen molar-refractivity contribution in [3.8, 4) is 0 Å². The van der Waals surface area contributed by atoms with Gasteiger partial charge in [0, 0.05) is 6.08 Å². The second kappa shape index (κ2) is 3.36. The zero-order valence-electron chi connectivity index (χ0n) is 7.61. The smallest absolute Gasteiger partial charge is 0.330 e. The molecule has 0 aromatic heterocycles. The number of carbonyl (C=O) groups is 1. The van der Waals surface area contributed by atoms with Crippen LogP contribution in [0.3, 0.4) is 0 Å². The molecule has 3 unspecified atom stereocenters. The molecule has 70 valence electrons. The number of hydrogen-bond acceptors (Lipinski definition) is 2. The lowest BCUT2D eigenvalue weighted by Crippen LogP contribution is -2.16. The Bertz CT molecular complexity index is 255. The summed E-state index contributed by atoms with van der Waals surface area (Å²) in [5.74, 6) is 1.66. The highest BCUT2D eigenvalue weighted by Crippen LogP contribution is 2.43. The van der Waals surface area contributed by atoms with Gasteiger partial charge >= 0.3 is 5.97 Å². The summed E-state index contributed by atoms with van der Waals surface area (Å²) in [6.07, 6.45) is 8.22. The van der Waals surface area contributed by atoms with E-state index in [2.05, 4.69) is 18.7 Å². The first kappa shape index (κ1) is 8.54. The number of fused-ring (bicyclic) bond motifs is 2. The minimum atomic E-state index is -0.299. The van der Waals surface area contributed by atoms with Crippen LogP contribution in [0.5, 0.6) is 0 Å². The lowest BCUT2D eigenvalue weighted by atomic mass is 9.95. The molecule has 3 atom stereocenters. The Labute approximate surface area is 78.3 Å². The van der Waals surface area contributed by atoms with Crippen LogP contribution >= 0.6 is 0 Å². The third-order valence-corrected chi connectivity index (χ3v) is 3.02. The summed E-state index contributed by atoms with van der Waals surface area (Å²) in [4.78, 5) is 10.8. The van der Waals surface area contributed by atoms with Crippen molar-refractivity contribution in [1.82, 2.24) is 0 Å². The fraction of sp³-hybridized carbons (Fsp3) is 0.545. The molecule has 0 spiro atoms. The van der Waals surface area contributed by atoms with E-state index >= 15 is 0 Å². The van der Waals surface area contributed by atoms with E-state index in [1.807, 2.05) is 0 Å². The average Bonchev–Trinajstić information content (AvgIpc) is 2.74. The Morgan fingerprint density at radius 3 is 2.92 bits per heavy atom. The van der Waals surface area contributed by atoms with Crippen LogP contribution in [0, 0.1) is 17.8 Å². The molecule has 0 aliphatic heterocycles. The summed E-state index contributed by atoms with van der Waals surface area (Å²) in [6.45, 7) is 3.93. The maximum absolute atomic E-state index is 10.8. The predicted molar refractivity (Wildman–Crippen MR) is 50.0 cm³/mol. The molecule has 0 heterocycles. The topological polar surface area (TPSA) is 26.3 Å². The van der Waals surface area contributed by atoms with Crippen molar-refractivity contribution >= 4 is 5.97 Å². The van der Waals surface area contributed by atoms with Crippen LogP contribution in [0.25, 0.3) is 0 Å². The number of carbonyl (C=O) groups excluding carboxylic acids is 1. The number of allylic oxidation sites excluding steroid dienone is 2. The maximum atomic E-state index is 10.8. The van der Waals surface area contributed by atoms with E-state index in [9.17, 15) is 4.79 Å². The van der Waals surface area contributed by atoms with Gasteiger partial charge in [-0.25, -0.2) is 4.79 Å². The molecule has 13 heavy (non-hydrogen) atoms. The highest BCUT2D eigenvalue weighted by atomic mass is 16.5. The van der Waals surface area contributed by atoms with Crippen LogP contribution in [0.4, 0.5) is 0 Å². The SMILES string of the molecule is C=CC(=O)OCC1CC2C=CC1C2. The molecule has 2 bridgehead atoms. The van der Waals surface area contributed by atoms with Gasteiger partial charge in [0.05, 0.1) is 6.61 Å². The minimum Gasteiger partial charge on any atom is -0.462 e. The van der Waals surface area contributed by atoms with Crippen molar-refractivity contribution in [3.63, 3.8) is 0 Å². The van der Waals surface area contributed by atoms with Gasteiger partial charge in [-0.3, -0.25) is 0 Å². The second-order valence-electron chi connectivity index (χ2n) is 3.87. The van der Waals surface area contributed by atoms with Crippen molar-refractivity contribution in [1.29, 1.82) is 0 Å². The van der Waals surface area contributed by atoms with Crippen LogP contribution in [0.15, 0.2) is 24.8 Å². The molecular formula is C11H14O2. The molecule has 2 aliphatic carbocycles. The molecule has 0 radical (unpaired) electrons. The van der Waals surface area contributed by atoms with E-state index in [0.717, 1.165) is 5.92 Å². The zero-order valence-corrected chi connectivity index (χ0v) is 7.61. The first-order valence-corrected chi connectivity index (χ1v) is 4.77. The Morgan fingerprint density at radius 2 is 2.38 bits per heavy atom. The zero-order chi connectivity index (χ0) is 9.26. The van der Waals surface area contributed by atoms with Crippen LogP contribution in [-0.4, -0.2) is 12.6 Å². The van der Waals surface area contributed by atoms with E-state index in [0.29, 0.717) is 18.4 Å². The van der Waals surface area contributed by atoms with Crippen molar-refractivity contribution in [2.24, 2.45) is 17.8 Å². The first-order chi connectivity index (χ1) is 6.29. The Balaban J connectivity index is 1.81. The summed E-state index contributed by atoms with van der Waals surface area (Å²) in [6, 6.07) is 0. The van der Waals surface area contributed by atoms with E-state index < -0.39 is 0 Å². The van der Waals surface area contributed by atoms with Crippen LogP contribution in [0.2, 0.25) is 0 Å². The lowest BCUT2D eigenvalue weighted by molar-refractivity contribution is -0.139. The standard InChI is InChI=1S/C11H14O2/c1-2-11(12)13-7-10-6-8-3-4-9(10)5-8/h2-4,8-10H,1,5-7H2. The Kier molecular flexibility index (Phi) is 2.21. The Hall–Kier alpha value is -1.05. The van der Waals surface area contributed by atoms with Gasteiger partial charge in [0.1, 0.15) is 0 Å². The summed E-state index contributed by atoms with van der Waals surface area (Å²) in [5, 5.41) is 0. The van der Waals surface area contributed by atoms with Gasteiger partial charge in [0.15, 0.2) is 0 Å². The van der Waals surface area contributed by atoms with Gasteiger partial charge in [-0.15, -0.1) is 0 Å². The molecule has 0 N–H and O–H groups in total. The maximum Gasteiger partial charge on any atom is 0.330 e. The van der Waals surface area contributed by atoms with Crippen molar-refractivity contribution in [3.05, 3.63) is 24.8 Å². The van der Waals surface area contributed by atoms with Gasteiger partial charge in [0.25, 0.3) is 0 Å². The highest BCUT2D eigenvalue weighted by molar-refractivity contribution is 5.81. The quantitative estimate of drug-likeness (QED) is 0.375. The Morgan fingerprint density at radius 1 is 1.54 bits per heavy atom. The number of hydrogen-bond donors (Lipinski definition) is 0. The van der Waals surface area contributed by atoms with Crippen molar-refractivity contribution < 1.29 is 9.53 Å². The third-order valence-electron chi connectivity index (χ3n) is 3.02. The van der Waals surface area contributed by atoms with Gasteiger partial charge in [-0.1, -0.05) is 18.7 Å². The van der Waals surface area contributed by atoms with Crippen LogP contribution in [-0.2, 0) is 9.53 Å². The average molecular weight is 178 g/mol. The minimum absolute atomic E-state index is 0.299. The first-order valence-electron chi connectivity index (χ1n) is 4.77. The van der Waals surface area contributed by atoms with E-state index in [1.165, 1.54) is 18.9 Å². The molecule has 1 fully saturated rings. The van der Waals surface area contributed by atoms with Crippen molar-refractivity contribution in [2.75, 3.05) is 6.61 Å². The van der Waals surface area contributed by atoms with E-state index in [-0.39, 0.29) is 5.97 Å². The lowest BCUT2D eigenvalue weighted by Gasteiger charge is -2.16. The van der Waals surface area contributed by atoms with Gasteiger partial charge in [-0.2, -0.15) is 0 Å². The molecule has 0 aromatic carbocycles. The van der Waals surface area contributed by atoms with Crippen molar-refractivity contribution in [2.45, 2.75) is 12.8 Å². The van der Waals surface area contributed by atoms with Crippen LogP contribution < -0.4 is 0 Å².